The van der Waals surface area contributed by atoms with Crippen LogP contribution in [0.25, 0.3) is 0 Å². The van der Waals surface area contributed by atoms with Gasteiger partial charge < -0.3 is 14.7 Å². The molecule has 0 rings (SSSR count). The molecule has 0 unspecified atom stereocenters. The number of amides is 1. The van der Waals surface area contributed by atoms with Gasteiger partial charge in [-0.05, 0) is 12.8 Å². The highest BCUT2D eigenvalue weighted by atomic mass is 16.5. The van der Waals surface area contributed by atoms with Crippen molar-refractivity contribution in [1.29, 1.82) is 0 Å². The van der Waals surface area contributed by atoms with Crippen LogP contribution in [0.2, 0.25) is 0 Å². The number of carbonyl (C=O) groups is 1. The highest BCUT2D eigenvalue weighted by molar-refractivity contribution is 5.77. The Morgan fingerprint density at radius 3 is 2.36 bits per heavy atom. The molecule has 0 aliphatic rings. The Bertz CT molecular complexity index is 157. The van der Waals surface area contributed by atoms with Crippen LogP contribution in [0.15, 0.2) is 0 Å². The molecule has 0 spiro atoms. The second kappa shape index (κ2) is 7.76. The van der Waals surface area contributed by atoms with E-state index in [1.165, 1.54) is 7.11 Å². The lowest BCUT2D eigenvalue weighted by molar-refractivity contribution is -0.138. The van der Waals surface area contributed by atoms with Crippen molar-refractivity contribution in [2.24, 2.45) is 0 Å². The number of methoxy groups -OCH3 is 1. The van der Waals surface area contributed by atoms with Crippen LogP contribution in [0.1, 0.15) is 26.7 Å². The summed E-state index contributed by atoms with van der Waals surface area (Å²) in [5.74, 6) is -0.0461. The van der Waals surface area contributed by atoms with Gasteiger partial charge in [-0.2, -0.15) is 0 Å². The Kier molecular flexibility index (Phi) is 7.42. The third-order valence-corrected chi connectivity index (χ3v) is 2.31. The van der Waals surface area contributed by atoms with Crippen LogP contribution in [0, 0.1) is 0 Å². The van der Waals surface area contributed by atoms with Gasteiger partial charge in [-0.25, -0.2) is 0 Å². The first-order valence-corrected chi connectivity index (χ1v) is 5.10. The van der Waals surface area contributed by atoms with E-state index in [1.54, 1.807) is 4.90 Å². The molecule has 0 atom stereocenters. The third-order valence-electron chi connectivity index (χ3n) is 2.31. The Morgan fingerprint density at radius 2 is 2.00 bits per heavy atom. The van der Waals surface area contributed by atoms with Gasteiger partial charge in [0.15, 0.2) is 0 Å². The van der Waals surface area contributed by atoms with E-state index in [2.05, 4.69) is 0 Å². The van der Waals surface area contributed by atoms with Crippen LogP contribution in [-0.2, 0) is 9.53 Å². The number of nitrogens with zero attached hydrogens (tertiary/aromatic N) is 1. The van der Waals surface area contributed by atoms with Gasteiger partial charge in [-0.1, -0.05) is 13.8 Å². The summed E-state index contributed by atoms with van der Waals surface area (Å²) in [4.78, 5) is 13.3. The maximum atomic E-state index is 11.6. The Morgan fingerprint density at radius 1 is 1.43 bits per heavy atom. The lowest BCUT2D eigenvalue weighted by atomic mass is 10.1. The van der Waals surface area contributed by atoms with E-state index >= 15 is 0 Å². The first kappa shape index (κ1) is 13.4. The smallest absolute Gasteiger partial charge is 0.248 e. The summed E-state index contributed by atoms with van der Waals surface area (Å²) in [6.07, 6.45) is 1.82. The van der Waals surface area contributed by atoms with E-state index in [9.17, 15) is 4.79 Å². The zero-order chi connectivity index (χ0) is 11.0. The average molecular weight is 203 g/mol. The molecule has 0 aromatic carbocycles. The summed E-state index contributed by atoms with van der Waals surface area (Å²) in [5.41, 5.74) is 0. The maximum absolute atomic E-state index is 11.6. The number of hydrogen-bond acceptors (Lipinski definition) is 3. The molecular formula is C10H21NO3. The number of aliphatic hydroxyl groups is 1. The molecule has 4 nitrogen and oxygen atoms in total. The monoisotopic (exact) mass is 203 g/mol. The fraction of sp³-hybridized carbons (Fsp3) is 0.900. The minimum atomic E-state index is -0.0461. The predicted octanol–water partition coefficient (Wildman–Crippen LogP) is 0.642. The quantitative estimate of drug-likeness (QED) is 0.660. The van der Waals surface area contributed by atoms with E-state index in [0.717, 1.165) is 12.8 Å². The molecule has 84 valence electrons. The second-order valence-corrected chi connectivity index (χ2v) is 3.21. The summed E-state index contributed by atoms with van der Waals surface area (Å²) < 4.78 is 4.80. The standard InChI is InChI=1S/C10H21NO3/c1-4-9(5-2)11(6-7-12)10(13)8-14-3/h9,12H,4-8H2,1-3H3. The molecule has 0 aliphatic heterocycles. The van der Waals surface area contributed by atoms with Crippen molar-refractivity contribution in [3.05, 3.63) is 0 Å². The van der Waals surface area contributed by atoms with Crippen molar-refractivity contribution in [3.63, 3.8) is 0 Å². The average Bonchev–Trinajstić information content (AvgIpc) is 2.18. The fourth-order valence-electron chi connectivity index (χ4n) is 1.55. The van der Waals surface area contributed by atoms with Crippen LogP contribution in [-0.4, -0.2) is 48.8 Å². The molecule has 0 saturated heterocycles. The van der Waals surface area contributed by atoms with Crippen LogP contribution < -0.4 is 0 Å². The highest BCUT2D eigenvalue weighted by Gasteiger charge is 2.19. The molecular weight excluding hydrogens is 182 g/mol. The molecule has 4 heteroatoms. The van der Waals surface area contributed by atoms with Crippen LogP contribution in [0.4, 0.5) is 0 Å². The van der Waals surface area contributed by atoms with Crippen molar-refractivity contribution in [3.8, 4) is 0 Å². The second-order valence-electron chi connectivity index (χ2n) is 3.21. The van der Waals surface area contributed by atoms with Gasteiger partial charge in [0.2, 0.25) is 5.91 Å². The van der Waals surface area contributed by atoms with Crippen LogP contribution >= 0.6 is 0 Å². The van der Waals surface area contributed by atoms with Crippen LogP contribution in [0.3, 0.4) is 0 Å². The van der Waals surface area contributed by atoms with Gasteiger partial charge in [0, 0.05) is 19.7 Å². The van der Waals surface area contributed by atoms with Crippen molar-refractivity contribution < 1.29 is 14.6 Å². The van der Waals surface area contributed by atoms with Crippen molar-refractivity contribution in [1.82, 2.24) is 4.90 Å². The number of carbonyl (C=O) groups excluding carboxylic acids is 1. The lowest BCUT2D eigenvalue weighted by Gasteiger charge is -2.29. The summed E-state index contributed by atoms with van der Waals surface area (Å²) in [6.45, 7) is 4.58. The molecule has 0 heterocycles. The van der Waals surface area contributed by atoms with Gasteiger partial charge >= 0.3 is 0 Å². The Labute approximate surface area is 85.9 Å². The van der Waals surface area contributed by atoms with Crippen molar-refractivity contribution >= 4 is 5.91 Å². The lowest BCUT2D eigenvalue weighted by Crippen LogP contribution is -2.43. The number of ether oxygens (including phenoxy) is 1. The SMILES string of the molecule is CCC(CC)N(CCO)C(=O)COC. The van der Waals surface area contributed by atoms with Gasteiger partial charge in [0.1, 0.15) is 6.61 Å². The Balaban J connectivity index is 4.31. The van der Waals surface area contributed by atoms with E-state index in [0.29, 0.717) is 6.54 Å². The minimum absolute atomic E-state index is 0.00591. The first-order chi connectivity index (χ1) is 6.71. The van der Waals surface area contributed by atoms with Crippen molar-refractivity contribution in [2.45, 2.75) is 32.7 Å². The zero-order valence-corrected chi connectivity index (χ0v) is 9.32. The van der Waals surface area contributed by atoms with Gasteiger partial charge in [0.05, 0.1) is 6.61 Å². The third kappa shape index (κ3) is 4.07. The minimum Gasteiger partial charge on any atom is -0.395 e. The van der Waals surface area contributed by atoms with E-state index in [-0.39, 0.29) is 25.2 Å². The Hall–Kier alpha value is -0.610. The fourth-order valence-corrected chi connectivity index (χ4v) is 1.55. The van der Waals surface area contributed by atoms with Crippen molar-refractivity contribution in [2.75, 3.05) is 26.9 Å². The van der Waals surface area contributed by atoms with E-state index < -0.39 is 0 Å². The van der Waals surface area contributed by atoms with Gasteiger partial charge in [0.25, 0.3) is 0 Å². The molecule has 0 aromatic heterocycles. The summed E-state index contributed by atoms with van der Waals surface area (Å²) >= 11 is 0. The van der Waals surface area contributed by atoms with Crippen LogP contribution in [0.5, 0.6) is 0 Å². The van der Waals surface area contributed by atoms with E-state index in [1.807, 2.05) is 13.8 Å². The summed E-state index contributed by atoms with van der Waals surface area (Å²) in [6, 6.07) is 0.213. The van der Waals surface area contributed by atoms with Gasteiger partial charge in [-0.3, -0.25) is 4.79 Å². The molecule has 1 N–H and O–H groups in total. The number of hydrogen-bond donors (Lipinski definition) is 1. The highest BCUT2D eigenvalue weighted by Crippen LogP contribution is 2.08. The zero-order valence-electron chi connectivity index (χ0n) is 9.32. The molecule has 0 radical (unpaired) electrons. The molecule has 0 saturated carbocycles. The van der Waals surface area contributed by atoms with Gasteiger partial charge in [-0.15, -0.1) is 0 Å². The summed E-state index contributed by atoms with van der Waals surface area (Å²) in [5, 5.41) is 8.86. The maximum Gasteiger partial charge on any atom is 0.248 e. The molecule has 0 fully saturated rings. The normalized spacial score (nSPS) is 10.6. The predicted molar refractivity (Wildman–Crippen MR) is 55.0 cm³/mol. The molecule has 1 amide bonds. The molecule has 0 bridgehead atoms. The topological polar surface area (TPSA) is 49.8 Å². The van der Waals surface area contributed by atoms with E-state index in [4.69, 9.17) is 9.84 Å². The first-order valence-electron chi connectivity index (χ1n) is 5.10. The molecule has 14 heavy (non-hydrogen) atoms. The molecule has 0 aliphatic carbocycles. The summed E-state index contributed by atoms with van der Waals surface area (Å²) in [7, 11) is 1.50. The molecule has 0 aromatic rings. The number of rotatable bonds is 7. The largest absolute Gasteiger partial charge is 0.395 e. The number of aliphatic hydroxyl groups excluding tert-OH is 1.